The van der Waals surface area contributed by atoms with E-state index in [1.54, 1.807) is 18.7 Å². The van der Waals surface area contributed by atoms with E-state index in [4.69, 9.17) is 10.5 Å². The van der Waals surface area contributed by atoms with Crippen LogP contribution >= 0.6 is 11.8 Å². The molecule has 1 rings (SSSR count). The molecular formula is C12H26N2O3S2. The lowest BCUT2D eigenvalue weighted by molar-refractivity contribution is 0.00779. The molecule has 1 aliphatic heterocycles. The predicted octanol–water partition coefficient (Wildman–Crippen LogP) is 0.550. The number of nitrogens with zero attached hydrogens (tertiary/aromatic N) is 1. The summed E-state index contributed by atoms with van der Waals surface area (Å²) in [4.78, 5) is 2.04. The van der Waals surface area contributed by atoms with Gasteiger partial charge in [-0.2, -0.15) is 11.8 Å². The van der Waals surface area contributed by atoms with Crippen molar-refractivity contribution in [2.45, 2.75) is 31.7 Å². The molecule has 7 heteroatoms. The molecular weight excluding hydrogens is 284 g/mol. The van der Waals surface area contributed by atoms with Crippen LogP contribution in [-0.4, -0.2) is 67.8 Å². The highest BCUT2D eigenvalue weighted by molar-refractivity contribution is 8.01. The molecule has 0 saturated carbocycles. The Balaban J connectivity index is 2.97. The predicted molar refractivity (Wildman–Crippen MR) is 81.2 cm³/mol. The lowest BCUT2D eigenvalue weighted by Gasteiger charge is -2.46. The minimum absolute atomic E-state index is 0.171. The van der Waals surface area contributed by atoms with Crippen LogP contribution in [0.5, 0.6) is 0 Å². The van der Waals surface area contributed by atoms with Gasteiger partial charge in [0.1, 0.15) is 5.37 Å². The van der Waals surface area contributed by atoms with Crippen molar-refractivity contribution in [3.8, 4) is 0 Å². The fraction of sp³-hybridized carbons (Fsp3) is 1.00. The van der Waals surface area contributed by atoms with E-state index >= 15 is 0 Å². The third-order valence-corrected chi connectivity index (χ3v) is 6.94. The number of sulfone groups is 1. The first-order valence-corrected chi connectivity index (χ1v) is 9.62. The van der Waals surface area contributed by atoms with Crippen LogP contribution in [0.3, 0.4) is 0 Å². The highest BCUT2D eigenvalue weighted by Crippen LogP contribution is 2.28. The molecule has 1 fully saturated rings. The molecule has 19 heavy (non-hydrogen) atoms. The van der Waals surface area contributed by atoms with E-state index in [1.165, 1.54) is 0 Å². The minimum Gasteiger partial charge on any atom is -0.380 e. The first-order valence-electron chi connectivity index (χ1n) is 6.75. The number of nitrogens with two attached hydrogens (primary N) is 1. The van der Waals surface area contributed by atoms with Gasteiger partial charge in [-0.15, -0.1) is 0 Å². The van der Waals surface area contributed by atoms with Gasteiger partial charge >= 0.3 is 0 Å². The average molecular weight is 310 g/mol. The fourth-order valence-electron chi connectivity index (χ4n) is 2.27. The zero-order valence-electron chi connectivity index (χ0n) is 12.1. The van der Waals surface area contributed by atoms with Gasteiger partial charge in [0.05, 0.1) is 12.1 Å². The summed E-state index contributed by atoms with van der Waals surface area (Å²) >= 11 is 1.70. The smallest absolute Gasteiger partial charge is 0.166 e. The van der Waals surface area contributed by atoms with Crippen LogP contribution in [-0.2, 0) is 14.6 Å². The molecule has 2 atom stereocenters. The van der Waals surface area contributed by atoms with Gasteiger partial charge in [-0.05, 0) is 13.8 Å². The van der Waals surface area contributed by atoms with Crippen LogP contribution in [0.2, 0.25) is 0 Å². The SMILES string of the molecule is CCOCC(C)(CN)N1CCSCC1S(=O)(=O)CC. The molecule has 0 aromatic rings. The van der Waals surface area contributed by atoms with Crippen molar-refractivity contribution in [2.75, 3.05) is 43.6 Å². The summed E-state index contributed by atoms with van der Waals surface area (Å²) in [5.74, 6) is 1.74. The largest absolute Gasteiger partial charge is 0.380 e. The van der Waals surface area contributed by atoms with Gasteiger partial charge in [-0.1, -0.05) is 6.92 Å². The van der Waals surface area contributed by atoms with Gasteiger partial charge in [-0.25, -0.2) is 8.42 Å². The number of hydrogen-bond acceptors (Lipinski definition) is 6. The highest BCUT2D eigenvalue weighted by atomic mass is 32.2. The molecule has 0 spiro atoms. The van der Waals surface area contributed by atoms with E-state index in [9.17, 15) is 8.42 Å². The summed E-state index contributed by atoms with van der Waals surface area (Å²) in [6, 6.07) is 0. The lowest BCUT2D eigenvalue weighted by atomic mass is 10.0. The van der Waals surface area contributed by atoms with Gasteiger partial charge in [0, 0.05) is 37.0 Å². The number of ether oxygens (including phenoxy) is 1. The quantitative estimate of drug-likeness (QED) is 0.740. The van der Waals surface area contributed by atoms with Crippen molar-refractivity contribution in [1.82, 2.24) is 4.90 Å². The Kier molecular flexibility index (Phi) is 6.59. The maximum atomic E-state index is 12.3. The molecule has 1 heterocycles. The van der Waals surface area contributed by atoms with Gasteiger partial charge in [0.15, 0.2) is 9.84 Å². The van der Waals surface area contributed by atoms with E-state index < -0.39 is 20.8 Å². The molecule has 0 aliphatic carbocycles. The normalized spacial score (nSPS) is 25.2. The van der Waals surface area contributed by atoms with Crippen molar-refractivity contribution in [1.29, 1.82) is 0 Å². The van der Waals surface area contributed by atoms with Crippen LogP contribution in [0.15, 0.2) is 0 Å². The summed E-state index contributed by atoms with van der Waals surface area (Å²) in [5, 5.41) is -0.440. The Hall–Kier alpha value is 0.180. The summed E-state index contributed by atoms with van der Waals surface area (Å²) in [6.45, 7) is 7.86. The molecule has 114 valence electrons. The van der Waals surface area contributed by atoms with Gasteiger partial charge < -0.3 is 10.5 Å². The molecule has 0 amide bonds. The van der Waals surface area contributed by atoms with E-state index in [-0.39, 0.29) is 5.75 Å². The van der Waals surface area contributed by atoms with Crippen LogP contribution in [0.4, 0.5) is 0 Å². The fourth-order valence-corrected chi connectivity index (χ4v) is 5.39. The Morgan fingerprint density at radius 1 is 1.47 bits per heavy atom. The average Bonchev–Trinajstić information content (AvgIpc) is 2.44. The van der Waals surface area contributed by atoms with Crippen molar-refractivity contribution in [3.63, 3.8) is 0 Å². The van der Waals surface area contributed by atoms with Crippen LogP contribution in [0, 0.1) is 0 Å². The monoisotopic (exact) mass is 310 g/mol. The van der Waals surface area contributed by atoms with Crippen LogP contribution < -0.4 is 5.73 Å². The van der Waals surface area contributed by atoms with Crippen molar-refractivity contribution in [2.24, 2.45) is 5.73 Å². The standard InChI is InChI=1S/C12H26N2O3S2/c1-4-17-10-12(3,9-13)14-6-7-18-8-11(14)19(15,16)5-2/h11H,4-10,13H2,1-3H3. The second-order valence-electron chi connectivity index (χ2n) is 5.01. The summed E-state index contributed by atoms with van der Waals surface area (Å²) < 4.78 is 30.0. The molecule has 2 unspecified atom stereocenters. The van der Waals surface area contributed by atoms with Crippen molar-refractivity contribution in [3.05, 3.63) is 0 Å². The summed E-state index contributed by atoms with van der Waals surface area (Å²) in [6.07, 6.45) is 0. The maximum absolute atomic E-state index is 12.3. The number of rotatable bonds is 7. The molecule has 2 N–H and O–H groups in total. The van der Waals surface area contributed by atoms with Gasteiger partial charge in [0.2, 0.25) is 0 Å². The minimum atomic E-state index is -3.09. The zero-order chi connectivity index (χ0) is 14.5. The zero-order valence-corrected chi connectivity index (χ0v) is 13.7. The summed E-state index contributed by atoms with van der Waals surface area (Å²) in [5.41, 5.74) is 5.49. The molecule has 5 nitrogen and oxygen atoms in total. The number of thioether (sulfide) groups is 1. The maximum Gasteiger partial charge on any atom is 0.166 e. The lowest BCUT2D eigenvalue weighted by Crippen LogP contribution is -2.63. The molecule has 0 bridgehead atoms. The topological polar surface area (TPSA) is 72.6 Å². The highest BCUT2D eigenvalue weighted by Gasteiger charge is 2.42. The van der Waals surface area contributed by atoms with Crippen LogP contribution in [0.25, 0.3) is 0 Å². The third kappa shape index (κ3) is 4.07. The van der Waals surface area contributed by atoms with Crippen molar-refractivity contribution >= 4 is 21.6 Å². The van der Waals surface area contributed by atoms with E-state index in [2.05, 4.69) is 0 Å². The first-order chi connectivity index (χ1) is 8.91. The molecule has 0 aromatic heterocycles. The van der Waals surface area contributed by atoms with Crippen LogP contribution in [0.1, 0.15) is 20.8 Å². The number of hydrogen-bond donors (Lipinski definition) is 1. The molecule has 1 saturated heterocycles. The molecule has 0 aromatic carbocycles. The second-order valence-corrected chi connectivity index (χ2v) is 8.61. The Morgan fingerprint density at radius 2 is 2.16 bits per heavy atom. The van der Waals surface area contributed by atoms with E-state index in [0.717, 1.165) is 12.3 Å². The third-order valence-electron chi connectivity index (χ3n) is 3.65. The van der Waals surface area contributed by atoms with Crippen molar-refractivity contribution < 1.29 is 13.2 Å². The summed E-state index contributed by atoms with van der Waals surface area (Å²) in [7, 11) is -3.09. The first kappa shape index (κ1) is 17.2. The Morgan fingerprint density at radius 3 is 2.68 bits per heavy atom. The Bertz CT molecular complexity index is 375. The van der Waals surface area contributed by atoms with Gasteiger partial charge in [0.25, 0.3) is 0 Å². The van der Waals surface area contributed by atoms with E-state index in [1.807, 2.05) is 18.7 Å². The van der Waals surface area contributed by atoms with Gasteiger partial charge in [-0.3, -0.25) is 4.90 Å². The molecule has 0 radical (unpaired) electrons. The second kappa shape index (κ2) is 7.26. The molecule has 1 aliphatic rings. The van der Waals surface area contributed by atoms with E-state index in [0.29, 0.717) is 25.5 Å². The Labute approximate surface area is 121 Å².